The van der Waals surface area contributed by atoms with Crippen molar-refractivity contribution in [2.24, 2.45) is 0 Å². The van der Waals surface area contributed by atoms with Crippen LogP contribution in [0.3, 0.4) is 0 Å². The Bertz CT molecular complexity index is 405. The summed E-state index contributed by atoms with van der Waals surface area (Å²) in [6.07, 6.45) is 0.180. The highest BCUT2D eigenvalue weighted by Crippen LogP contribution is 2.11. The van der Waals surface area contributed by atoms with E-state index >= 15 is 0 Å². The molecule has 0 saturated carbocycles. The molecule has 1 aromatic heterocycles. The molecule has 3 N–H and O–H groups in total. The van der Waals surface area contributed by atoms with Gasteiger partial charge in [-0.2, -0.15) is 0 Å². The summed E-state index contributed by atoms with van der Waals surface area (Å²) in [5.41, 5.74) is 6.95. The minimum atomic E-state index is -0.547. The van der Waals surface area contributed by atoms with Gasteiger partial charge in [0.05, 0.1) is 6.10 Å². The molecule has 17 heavy (non-hydrogen) atoms. The molecule has 5 heteroatoms. The number of pyridine rings is 1. The number of carbonyl (C=O) groups excluding carboxylic acids is 1. The first kappa shape index (κ1) is 13.4. The lowest BCUT2D eigenvalue weighted by molar-refractivity contribution is 0.0703. The standard InChI is InChI=1S/C12H19N3O2/c1-4-10-5-9(6-11(13)14-10)12(17)15(3)7-8(2)16/h5-6,8,16H,4,7H2,1-3H3,(H2,13,14). The van der Waals surface area contributed by atoms with Gasteiger partial charge in [0.1, 0.15) is 5.82 Å². The number of anilines is 1. The van der Waals surface area contributed by atoms with Gasteiger partial charge in [0.2, 0.25) is 0 Å². The second kappa shape index (κ2) is 5.63. The van der Waals surface area contributed by atoms with Crippen LogP contribution in [0.5, 0.6) is 0 Å². The maximum atomic E-state index is 12.0. The number of hydrogen-bond acceptors (Lipinski definition) is 4. The number of aliphatic hydroxyl groups excluding tert-OH is 1. The summed E-state index contributed by atoms with van der Waals surface area (Å²) in [5, 5.41) is 9.24. The van der Waals surface area contributed by atoms with Crippen molar-refractivity contribution < 1.29 is 9.90 Å². The summed E-state index contributed by atoms with van der Waals surface area (Å²) >= 11 is 0. The second-order valence-electron chi connectivity index (χ2n) is 4.16. The Labute approximate surface area is 101 Å². The molecule has 94 valence electrons. The molecule has 0 aliphatic heterocycles. The number of likely N-dealkylation sites (N-methyl/N-ethyl adjacent to an activating group) is 1. The molecule has 1 unspecified atom stereocenters. The van der Waals surface area contributed by atoms with Crippen LogP contribution in [0.2, 0.25) is 0 Å². The van der Waals surface area contributed by atoms with Crippen LogP contribution in [-0.2, 0) is 6.42 Å². The van der Waals surface area contributed by atoms with Gasteiger partial charge in [-0.25, -0.2) is 4.98 Å². The molecule has 1 heterocycles. The van der Waals surface area contributed by atoms with Crippen molar-refractivity contribution in [3.8, 4) is 0 Å². The molecule has 1 amide bonds. The minimum Gasteiger partial charge on any atom is -0.392 e. The molecule has 0 bridgehead atoms. The van der Waals surface area contributed by atoms with Crippen molar-refractivity contribution in [3.05, 3.63) is 23.4 Å². The summed E-state index contributed by atoms with van der Waals surface area (Å²) in [6, 6.07) is 3.29. The van der Waals surface area contributed by atoms with Crippen LogP contribution in [0.1, 0.15) is 29.9 Å². The highest BCUT2D eigenvalue weighted by molar-refractivity contribution is 5.94. The first-order valence-electron chi connectivity index (χ1n) is 5.64. The monoisotopic (exact) mass is 237 g/mol. The van der Waals surface area contributed by atoms with Crippen LogP contribution in [-0.4, -0.2) is 40.6 Å². The number of aryl methyl sites for hydroxylation is 1. The van der Waals surface area contributed by atoms with Crippen molar-refractivity contribution in [1.82, 2.24) is 9.88 Å². The van der Waals surface area contributed by atoms with Gasteiger partial charge in [-0.15, -0.1) is 0 Å². The summed E-state index contributed by atoms with van der Waals surface area (Å²) in [4.78, 5) is 17.6. The largest absolute Gasteiger partial charge is 0.392 e. The number of nitrogens with two attached hydrogens (primary N) is 1. The van der Waals surface area contributed by atoms with Crippen molar-refractivity contribution in [2.75, 3.05) is 19.3 Å². The molecule has 1 aromatic rings. The van der Waals surface area contributed by atoms with E-state index in [1.807, 2.05) is 6.92 Å². The molecule has 1 atom stereocenters. The maximum Gasteiger partial charge on any atom is 0.253 e. The Hall–Kier alpha value is -1.62. The highest BCUT2D eigenvalue weighted by atomic mass is 16.3. The molecule has 0 fully saturated rings. The topological polar surface area (TPSA) is 79.5 Å². The third kappa shape index (κ3) is 3.71. The zero-order chi connectivity index (χ0) is 13.0. The normalized spacial score (nSPS) is 12.2. The van der Waals surface area contributed by atoms with E-state index in [0.29, 0.717) is 17.9 Å². The van der Waals surface area contributed by atoms with E-state index in [-0.39, 0.29) is 5.91 Å². The predicted octanol–water partition coefficient (Wildman–Crippen LogP) is 0.679. The summed E-state index contributed by atoms with van der Waals surface area (Å²) in [7, 11) is 1.65. The summed E-state index contributed by atoms with van der Waals surface area (Å²) < 4.78 is 0. The van der Waals surface area contributed by atoms with Gasteiger partial charge in [0, 0.05) is 24.8 Å². The Balaban J connectivity index is 2.91. The van der Waals surface area contributed by atoms with E-state index in [9.17, 15) is 9.90 Å². The molecule has 1 rings (SSSR count). The molecule has 0 aliphatic carbocycles. The van der Waals surface area contributed by atoms with Crippen LogP contribution < -0.4 is 5.73 Å². The highest BCUT2D eigenvalue weighted by Gasteiger charge is 2.14. The molecular weight excluding hydrogens is 218 g/mol. The number of nitrogen functional groups attached to an aromatic ring is 1. The Morgan fingerprint density at radius 1 is 1.59 bits per heavy atom. The van der Waals surface area contributed by atoms with Gasteiger partial charge >= 0.3 is 0 Å². The Kier molecular flexibility index (Phi) is 4.45. The molecular formula is C12H19N3O2. The number of aliphatic hydroxyl groups is 1. The van der Waals surface area contributed by atoms with E-state index in [0.717, 1.165) is 12.1 Å². The van der Waals surface area contributed by atoms with Gasteiger partial charge < -0.3 is 15.7 Å². The fraction of sp³-hybridized carbons (Fsp3) is 0.500. The van der Waals surface area contributed by atoms with Crippen LogP contribution >= 0.6 is 0 Å². The van der Waals surface area contributed by atoms with Gasteiger partial charge in [-0.3, -0.25) is 4.79 Å². The Morgan fingerprint density at radius 3 is 2.76 bits per heavy atom. The third-order valence-electron chi connectivity index (χ3n) is 2.39. The van der Waals surface area contributed by atoms with E-state index in [4.69, 9.17) is 5.73 Å². The average molecular weight is 237 g/mol. The molecule has 0 spiro atoms. The fourth-order valence-corrected chi connectivity index (χ4v) is 1.62. The average Bonchev–Trinajstić information content (AvgIpc) is 2.26. The first-order chi connectivity index (χ1) is 7.93. The van der Waals surface area contributed by atoms with Crippen molar-refractivity contribution >= 4 is 11.7 Å². The fourth-order valence-electron chi connectivity index (χ4n) is 1.62. The zero-order valence-electron chi connectivity index (χ0n) is 10.5. The Morgan fingerprint density at radius 2 is 2.24 bits per heavy atom. The van der Waals surface area contributed by atoms with Crippen LogP contribution in [0.4, 0.5) is 5.82 Å². The number of carbonyl (C=O) groups is 1. The van der Waals surface area contributed by atoms with E-state index < -0.39 is 6.10 Å². The zero-order valence-corrected chi connectivity index (χ0v) is 10.5. The lowest BCUT2D eigenvalue weighted by Crippen LogP contribution is -2.33. The maximum absolute atomic E-state index is 12.0. The van der Waals surface area contributed by atoms with Crippen molar-refractivity contribution in [1.29, 1.82) is 0 Å². The predicted molar refractivity (Wildman–Crippen MR) is 66.7 cm³/mol. The second-order valence-corrected chi connectivity index (χ2v) is 4.16. The number of aromatic nitrogens is 1. The van der Waals surface area contributed by atoms with Gasteiger partial charge in [0.25, 0.3) is 5.91 Å². The number of amides is 1. The van der Waals surface area contributed by atoms with E-state index in [1.165, 1.54) is 4.90 Å². The van der Waals surface area contributed by atoms with E-state index in [1.54, 1.807) is 26.1 Å². The van der Waals surface area contributed by atoms with Gasteiger partial charge in [-0.1, -0.05) is 6.92 Å². The van der Waals surface area contributed by atoms with Crippen LogP contribution in [0, 0.1) is 0 Å². The minimum absolute atomic E-state index is 0.158. The first-order valence-corrected chi connectivity index (χ1v) is 5.64. The molecule has 5 nitrogen and oxygen atoms in total. The smallest absolute Gasteiger partial charge is 0.253 e. The molecule has 0 aliphatic rings. The summed E-state index contributed by atoms with van der Waals surface area (Å²) in [6.45, 7) is 3.89. The van der Waals surface area contributed by atoms with Crippen LogP contribution in [0.15, 0.2) is 12.1 Å². The van der Waals surface area contributed by atoms with E-state index in [2.05, 4.69) is 4.98 Å². The summed E-state index contributed by atoms with van der Waals surface area (Å²) in [5.74, 6) is 0.188. The number of rotatable bonds is 4. The van der Waals surface area contributed by atoms with Crippen molar-refractivity contribution in [2.45, 2.75) is 26.4 Å². The molecule has 0 aromatic carbocycles. The van der Waals surface area contributed by atoms with Gasteiger partial charge in [0.15, 0.2) is 0 Å². The lowest BCUT2D eigenvalue weighted by Gasteiger charge is -2.19. The molecule has 0 radical (unpaired) electrons. The molecule has 0 saturated heterocycles. The lowest BCUT2D eigenvalue weighted by atomic mass is 10.1. The third-order valence-corrected chi connectivity index (χ3v) is 2.39. The van der Waals surface area contributed by atoms with Crippen LogP contribution in [0.25, 0.3) is 0 Å². The van der Waals surface area contributed by atoms with Crippen molar-refractivity contribution in [3.63, 3.8) is 0 Å². The number of nitrogens with zero attached hydrogens (tertiary/aromatic N) is 2. The van der Waals surface area contributed by atoms with Gasteiger partial charge in [-0.05, 0) is 25.5 Å². The SMILES string of the molecule is CCc1cc(C(=O)N(C)CC(C)O)cc(N)n1. The number of hydrogen-bond donors (Lipinski definition) is 2. The quantitative estimate of drug-likeness (QED) is 0.807.